The van der Waals surface area contributed by atoms with Gasteiger partial charge in [0.15, 0.2) is 0 Å². The van der Waals surface area contributed by atoms with Gasteiger partial charge in [-0.15, -0.1) is 0 Å². The number of hydrogen-bond donors (Lipinski definition) is 1. The van der Waals surface area contributed by atoms with Crippen molar-refractivity contribution in [3.8, 4) is 0 Å². The predicted octanol–water partition coefficient (Wildman–Crippen LogP) is 0.739. The number of aromatic nitrogens is 1. The highest BCUT2D eigenvalue weighted by Gasteiger charge is 2.30. The first-order chi connectivity index (χ1) is 10.0. The van der Waals surface area contributed by atoms with Crippen molar-refractivity contribution in [3.05, 3.63) is 24.3 Å². The largest absolute Gasteiger partial charge is 0.378 e. The van der Waals surface area contributed by atoms with Crippen LogP contribution >= 0.6 is 0 Å². The highest BCUT2D eigenvalue weighted by Crippen LogP contribution is 2.22. The monoisotopic (exact) mass is 317 g/mol. The normalized spacial score (nSPS) is 18.0. The summed E-state index contributed by atoms with van der Waals surface area (Å²) in [7, 11) is -3.68. The van der Waals surface area contributed by atoms with Crippen molar-refractivity contribution in [2.24, 2.45) is 5.73 Å². The zero-order chi connectivity index (χ0) is 15.3. The molecule has 1 fully saturated rings. The fourth-order valence-electron chi connectivity index (χ4n) is 2.25. The maximum atomic E-state index is 13.1. The lowest BCUT2D eigenvalue weighted by Gasteiger charge is -2.31. The molecule has 8 heteroatoms. The summed E-state index contributed by atoms with van der Waals surface area (Å²) in [5.41, 5.74) is 5.40. The number of halogens is 1. The van der Waals surface area contributed by atoms with E-state index >= 15 is 0 Å². The van der Waals surface area contributed by atoms with Crippen LogP contribution in [0.25, 0.3) is 0 Å². The van der Waals surface area contributed by atoms with Crippen molar-refractivity contribution in [1.82, 2.24) is 9.29 Å². The second-order valence-corrected chi connectivity index (χ2v) is 6.89. The molecule has 1 aliphatic rings. The van der Waals surface area contributed by atoms with Crippen molar-refractivity contribution in [2.45, 2.75) is 30.3 Å². The van der Waals surface area contributed by atoms with Gasteiger partial charge in [-0.3, -0.25) is 4.98 Å². The number of hydrogen-bond acceptors (Lipinski definition) is 5. The third-order valence-corrected chi connectivity index (χ3v) is 5.28. The lowest BCUT2D eigenvalue weighted by atomic mass is 10.1. The maximum absolute atomic E-state index is 13.1. The van der Waals surface area contributed by atoms with Crippen LogP contribution in [0.3, 0.4) is 0 Å². The van der Waals surface area contributed by atoms with Gasteiger partial charge >= 0.3 is 0 Å². The van der Waals surface area contributed by atoms with Gasteiger partial charge < -0.3 is 10.5 Å². The summed E-state index contributed by atoms with van der Waals surface area (Å²) in [5.74, 6) is -0.656. The summed E-state index contributed by atoms with van der Waals surface area (Å²) < 4.78 is 44.8. The Morgan fingerprint density at radius 2 is 2.10 bits per heavy atom. The molecule has 2 heterocycles. The zero-order valence-electron chi connectivity index (χ0n) is 11.7. The van der Waals surface area contributed by atoms with Gasteiger partial charge in [0.1, 0.15) is 10.7 Å². The molecule has 0 spiro atoms. The van der Waals surface area contributed by atoms with Crippen molar-refractivity contribution in [2.75, 3.05) is 26.2 Å². The second-order valence-electron chi connectivity index (χ2n) is 4.96. The molecule has 0 aliphatic carbocycles. The average Bonchev–Trinajstić information content (AvgIpc) is 2.48. The van der Waals surface area contributed by atoms with Gasteiger partial charge in [0.2, 0.25) is 10.0 Å². The Morgan fingerprint density at radius 1 is 1.38 bits per heavy atom. The van der Waals surface area contributed by atoms with Crippen LogP contribution in [0.2, 0.25) is 0 Å². The number of nitrogens with two attached hydrogens (primary N) is 1. The van der Waals surface area contributed by atoms with Gasteiger partial charge in [0.05, 0.1) is 12.3 Å². The van der Waals surface area contributed by atoms with E-state index in [0.29, 0.717) is 39.1 Å². The van der Waals surface area contributed by atoms with Gasteiger partial charge in [-0.05, 0) is 31.9 Å². The van der Waals surface area contributed by atoms with E-state index in [0.717, 1.165) is 18.7 Å². The SMILES string of the molecule is NCCCOC1CCN(S(=O)(=O)c2cncc(F)c2)CC1. The third-order valence-electron chi connectivity index (χ3n) is 3.42. The van der Waals surface area contributed by atoms with Crippen LogP contribution in [0.1, 0.15) is 19.3 Å². The van der Waals surface area contributed by atoms with Crippen LogP contribution in [-0.4, -0.2) is 50.1 Å². The van der Waals surface area contributed by atoms with Gasteiger partial charge in [-0.25, -0.2) is 12.8 Å². The zero-order valence-corrected chi connectivity index (χ0v) is 12.6. The Kier molecular flexibility index (Phi) is 5.63. The van der Waals surface area contributed by atoms with Gasteiger partial charge in [0.25, 0.3) is 0 Å². The summed E-state index contributed by atoms with van der Waals surface area (Å²) in [4.78, 5) is 3.49. The van der Waals surface area contributed by atoms with Crippen LogP contribution < -0.4 is 5.73 Å². The van der Waals surface area contributed by atoms with E-state index in [9.17, 15) is 12.8 Å². The minimum Gasteiger partial charge on any atom is -0.378 e. The number of rotatable bonds is 6. The van der Waals surface area contributed by atoms with Gasteiger partial charge in [-0.1, -0.05) is 0 Å². The lowest BCUT2D eigenvalue weighted by molar-refractivity contribution is 0.0209. The van der Waals surface area contributed by atoms with E-state index in [4.69, 9.17) is 10.5 Å². The minimum atomic E-state index is -3.68. The van der Waals surface area contributed by atoms with Crippen molar-refractivity contribution >= 4 is 10.0 Å². The topological polar surface area (TPSA) is 85.5 Å². The van der Waals surface area contributed by atoms with Crippen LogP contribution in [0.5, 0.6) is 0 Å². The second kappa shape index (κ2) is 7.26. The molecule has 0 saturated carbocycles. The summed E-state index contributed by atoms with van der Waals surface area (Å²) in [6.45, 7) is 1.92. The molecular formula is C13H20FN3O3S. The molecule has 1 aromatic rings. The van der Waals surface area contributed by atoms with E-state index < -0.39 is 15.8 Å². The predicted molar refractivity (Wildman–Crippen MR) is 75.6 cm³/mol. The number of sulfonamides is 1. The molecule has 2 rings (SSSR count). The number of ether oxygens (including phenoxy) is 1. The lowest BCUT2D eigenvalue weighted by Crippen LogP contribution is -2.41. The third kappa shape index (κ3) is 4.19. The Hall–Kier alpha value is -1.09. The van der Waals surface area contributed by atoms with E-state index in [1.807, 2.05) is 0 Å². The molecule has 0 radical (unpaired) electrons. The van der Waals surface area contributed by atoms with Gasteiger partial charge in [-0.2, -0.15) is 4.31 Å². The quantitative estimate of drug-likeness (QED) is 0.782. The Balaban J connectivity index is 1.95. The minimum absolute atomic E-state index is 0.0636. The number of piperidine rings is 1. The molecule has 1 saturated heterocycles. The molecule has 6 nitrogen and oxygen atoms in total. The molecule has 0 aromatic carbocycles. The van der Waals surface area contributed by atoms with Crippen LogP contribution in [0.4, 0.5) is 4.39 Å². The molecule has 0 amide bonds. The molecule has 2 N–H and O–H groups in total. The summed E-state index contributed by atoms with van der Waals surface area (Å²) in [6.07, 6.45) is 4.28. The number of nitrogens with zero attached hydrogens (tertiary/aromatic N) is 2. The van der Waals surface area contributed by atoms with Crippen molar-refractivity contribution in [1.29, 1.82) is 0 Å². The molecule has 0 bridgehead atoms. The Labute approximate surface area is 124 Å². The first-order valence-electron chi connectivity index (χ1n) is 6.96. The average molecular weight is 317 g/mol. The van der Waals surface area contributed by atoms with Crippen molar-refractivity contribution in [3.63, 3.8) is 0 Å². The van der Waals surface area contributed by atoms with E-state index in [1.54, 1.807) is 0 Å². The van der Waals surface area contributed by atoms with Crippen LogP contribution in [0, 0.1) is 5.82 Å². The molecular weight excluding hydrogens is 297 g/mol. The van der Waals surface area contributed by atoms with E-state index in [2.05, 4.69) is 4.98 Å². The summed E-state index contributed by atoms with van der Waals surface area (Å²) in [6, 6.07) is 0.992. The molecule has 21 heavy (non-hydrogen) atoms. The fraction of sp³-hybridized carbons (Fsp3) is 0.615. The highest BCUT2D eigenvalue weighted by atomic mass is 32.2. The first kappa shape index (κ1) is 16.3. The van der Waals surface area contributed by atoms with E-state index in [1.165, 1.54) is 10.5 Å². The summed E-state index contributed by atoms with van der Waals surface area (Å²) >= 11 is 0. The fourth-order valence-corrected chi connectivity index (χ4v) is 3.70. The first-order valence-corrected chi connectivity index (χ1v) is 8.40. The molecule has 0 atom stereocenters. The molecule has 0 unspecified atom stereocenters. The Morgan fingerprint density at radius 3 is 2.71 bits per heavy atom. The molecule has 118 valence electrons. The highest BCUT2D eigenvalue weighted by molar-refractivity contribution is 7.89. The van der Waals surface area contributed by atoms with Crippen molar-refractivity contribution < 1.29 is 17.5 Å². The molecule has 1 aromatic heterocycles. The smallest absolute Gasteiger partial charge is 0.244 e. The van der Waals surface area contributed by atoms with Gasteiger partial charge in [0, 0.05) is 25.9 Å². The molecule has 1 aliphatic heterocycles. The standard InChI is InChI=1S/C13H20FN3O3S/c14-11-8-13(10-16-9-11)21(18,19)17-5-2-12(3-6-17)20-7-1-4-15/h8-10,12H,1-7,15H2. The number of pyridine rings is 1. The van der Waals surface area contributed by atoms with E-state index in [-0.39, 0.29) is 11.0 Å². The maximum Gasteiger partial charge on any atom is 0.244 e. The summed E-state index contributed by atoms with van der Waals surface area (Å²) in [5, 5.41) is 0. The van der Waals surface area contributed by atoms with Crippen LogP contribution in [0.15, 0.2) is 23.4 Å². The Bertz CT molecular complexity index is 560. The van der Waals surface area contributed by atoms with Crippen LogP contribution in [-0.2, 0) is 14.8 Å².